The first-order valence-electron chi connectivity index (χ1n) is 5.57. The van der Waals surface area contributed by atoms with Gasteiger partial charge in [0.15, 0.2) is 6.29 Å². The Hall–Kier alpha value is -1.92. The zero-order valence-electron chi connectivity index (χ0n) is 10.4. The van der Waals surface area contributed by atoms with Crippen LogP contribution in [0.4, 0.5) is 5.69 Å². The van der Waals surface area contributed by atoms with E-state index in [4.69, 9.17) is 9.47 Å². The van der Waals surface area contributed by atoms with Crippen molar-refractivity contribution in [1.82, 2.24) is 14.5 Å². The third-order valence-electron chi connectivity index (χ3n) is 2.52. The first kappa shape index (κ1) is 12.5. The van der Waals surface area contributed by atoms with Gasteiger partial charge in [-0.05, 0) is 12.1 Å². The fraction of sp³-hybridized carbons (Fsp3) is 0.333. The molecule has 2 heterocycles. The maximum absolute atomic E-state index is 5.09. The Morgan fingerprint density at radius 1 is 1.33 bits per heavy atom. The van der Waals surface area contributed by atoms with Crippen molar-refractivity contribution >= 4 is 5.69 Å². The number of hydrogen-bond donors (Lipinski definition) is 1. The highest BCUT2D eigenvalue weighted by Crippen LogP contribution is 2.09. The minimum Gasteiger partial charge on any atom is -0.379 e. The van der Waals surface area contributed by atoms with Gasteiger partial charge >= 0.3 is 0 Å². The average Bonchev–Trinajstić information content (AvgIpc) is 2.94. The van der Waals surface area contributed by atoms with E-state index in [2.05, 4.69) is 15.3 Å². The van der Waals surface area contributed by atoms with E-state index in [0.717, 1.165) is 11.5 Å². The largest absolute Gasteiger partial charge is 0.379 e. The van der Waals surface area contributed by atoms with Gasteiger partial charge in [0.05, 0.1) is 18.4 Å². The van der Waals surface area contributed by atoms with Crippen molar-refractivity contribution in [3.05, 3.63) is 37.1 Å². The monoisotopic (exact) mass is 248 g/mol. The average molecular weight is 248 g/mol. The molecule has 2 aromatic rings. The van der Waals surface area contributed by atoms with Crippen LogP contribution in [0.5, 0.6) is 0 Å². The summed E-state index contributed by atoms with van der Waals surface area (Å²) in [4.78, 5) is 8.31. The van der Waals surface area contributed by atoms with Gasteiger partial charge in [0.1, 0.15) is 12.1 Å². The van der Waals surface area contributed by atoms with Gasteiger partial charge in [0.2, 0.25) is 0 Å². The van der Waals surface area contributed by atoms with Crippen LogP contribution in [0.1, 0.15) is 0 Å². The standard InChI is InChI=1S/C12H16N4O2/c1-17-12(18-2)8-14-10-3-4-11(15-7-10)16-6-5-13-9-16/h3-7,9,12,14H,8H2,1-2H3. The molecule has 0 amide bonds. The van der Waals surface area contributed by atoms with E-state index in [0.29, 0.717) is 6.54 Å². The van der Waals surface area contributed by atoms with Crippen LogP contribution >= 0.6 is 0 Å². The number of nitrogens with zero attached hydrogens (tertiary/aromatic N) is 3. The highest BCUT2D eigenvalue weighted by molar-refractivity contribution is 5.43. The molecule has 18 heavy (non-hydrogen) atoms. The Morgan fingerprint density at radius 2 is 2.17 bits per heavy atom. The van der Waals surface area contributed by atoms with E-state index in [1.54, 1.807) is 32.9 Å². The number of aromatic nitrogens is 3. The molecule has 2 aromatic heterocycles. The Labute approximate surface area is 106 Å². The normalized spacial score (nSPS) is 10.8. The summed E-state index contributed by atoms with van der Waals surface area (Å²) in [5.74, 6) is 0.827. The first-order valence-corrected chi connectivity index (χ1v) is 5.57. The lowest BCUT2D eigenvalue weighted by Crippen LogP contribution is -2.23. The number of nitrogens with one attached hydrogen (secondary N) is 1. The third-order valence-corrected chi connectivity index (χ3v) is 2.52. The molecule has 2 rings (SSSR count). The summed E-state index contributed by atoms with van der Waals surface area (Å²) in [5, 5.41) is 3.18. The molecule has 0 saturated heterocycles. The van der Waals surface area contributed by atoms with Gasteiger partial charge in [-0.3, -0.25) is 4.57 Å². The lowest BCUT2D eigenvalue weighted by atomic mass is 10.4. The van der Waals surface area contributed by atoms with Crippen molar-refractivity contribution in [1.29, 1.82) is 0 Å². The Bertz CT molecular complexity index is 451. The second-order valence-electron chi connectivity index (χ2n) is 3.66. The quantitative estimate of drug-likeness (QED) is 0.781. The zero-order chi connectivity index (χ0) is 12.8. The van der Waals surface area contributed by atoms with Crippen LogP contribution in [0, 0.1) is 0 Å². The summed E-state index contributed by atoms with van der Waals surface area (Å²) in [7, 11) is 3.21. The van der Waals surface area contributed by atoms with Crippen molar-refractivity contribution < 1.29 is 9.47 Å². The molecule has 6 heteroatoms. The lowest BCUT2D eigenvalue weighted by molar-refractivity contribution is -0.0914. The predicted molar refractivity (Wildman–Crippen MR) is 67.7 cm³/mol. The Morgan fingerprint density at radius 3 is 2.72 bits per heavy atom. The second kappa shape index (κ2) is 6.13. The second-order valence-corrected chi connectivity index (χ2v) is 3.66. The smallest absolute Gasteiger partial charge is 0.173 e. The molecule has 0 spiro atoms. The lowest BCUT2D eigenvalue weighted by Gasteiger charge is -2.14. The predicted octanol–water partition coefficient (Wildman–Crippen LogP) is 1.30. The number of ether oxygens (including phenoxy) is 2. The molecule has 0 radical (unpaired) electrons. The van der Waals surface area contributed by atoms with Crippen molar-refractivity contribution in [2.75, 3.05) is 26.1 Å². The van der Waals surface area contributed by atoms with Crippen LogP contribution in [-0.4, -0.2) is 41.6 Å². The van der Waals surface area contributed by atoms with E-state index >= 15 is 0 Å². The SMILES string of the molecule is COC(CNc1ccc(-n2ccnc2)nc1)OC. The van der Waals surface area contributed by atoms with E-state index < -0.39 is 0 Å². The number of hydrogen-bond acceptors (Lipinski definition) is 5. The Kier molecular flexibility index (Phi) is 4.27. The van der Waals surface area contributed by atoms with Gasteiger partial charge in [0, 0.05) is 26.6 Å². The zero-order valence-corrected chi connectivity index (χ0v) is 10.4. The van der Waals surface area contributed by atoms with Crippen LogP contribution in [0.25, 0.3) is 5.82 Å². The van der Waals surface area contributed by atoms with E-state index in [1.165, 1.54) is 0 Å². The summed E-state index contributed by atoms with van der Waals surface area (Å²) in [6.45, 7) is 0.569. The van der Waals surface area contributed by atoms with Gasteiger partial charge in [-0.15, -0.1) is 0 Å². The van der Waals surface area contributed by atoms with Crippen LogP contribution in [-0.2, 0) is 9.47 Å². The van der Waals surface area contributed by atoms with Gasteiger partial charge in [0.25, 0.3) is 0 Å². The fourth-order valence-corrected chi connectivity index (χ4v) is 1.50. The van der Waals surface area contributed by atoms with Crippen LogP contribution in [0.15, 0.2) is 37.1 Å². The van der Waals surface area contributed by atoms with Crippen molar-refractivity contribution in [2.24, 2.45) is 0 Å². The Balaban J connectivity index is 1.96. The van der Waals surface area contributed by atoms with Crippen LogP contribution in [0.3, 0.4) is 0 Å². The van der Waals surface area contributed by atoms with E-state index in [1.807, 2.05) is 22.9 Å². The number of methoxy groups -OCH3 is 2. The molecule has 96 valence electrons. The summed E-state index contributed by atoms with van der Waals surface area (Å²) >= 11 is 0. The maximum Gasteiger partial charge on any atom is 0.173 e. The molecule has 0 bridgehead atoms. The van der Waals surface area contributed by atoms with Crippen LogP contribution < -0.4 is 5.32 Å². The first-order chi connectivity index (χ1) is 8.83. The molecule has 0 aliphatic heterocycles. The van der Waals surface area contributed by atoms with Crippen molar-refractivity contribution in [3.8, 4) is 5.82 Å². The van der Waals surface area contributed by atoms with Crippen molar-refractivity contribution in [3.63, 3.8) is 0 Å². The van der Waals surface area contributed by atoms with E-state index in [-0.39, 0.29) is 6.29 Å². The van der Waals surface area contributed by atoms with Gasteiger partial charge in [-0.25, -0.2) is 9.97 Å². The molecule has 0 aromatic carbocycles. The minimum atomic E-state index is -0.265. The highest BCUT2D eigenvalue weighted by Gasteiger charge is 2.04. The molecule has 0 unspecified atom stereocenters. The third kappa shape index (κ3) is 3.06. The molecule has 0 atom stereocenters. The van der Waals surface area contributed by atoms with Crippen molar-refractivity contribution in [2.45, 2.75) is 6.29 Å². The minimum absolute atomic E-state index is 0.265. The maximum atomic E-state index is 5.09. The van der Waals surface area contributed by atoms with Gasteiger partial charge in [-0.2, -0.15) is 0 Å². The highest BCUT2D eigenvalue weighted by atomic mass is 16.7. The molecular formula is C12H16N4O2. The number of rotatable bonds is 6. The number of imidazole rings is 1. The molecule has 0 aliphatic carbocycles. The molecule has 6 nitrogen and oxygen atoms in total. The van der Waals surface area contributed by atoms with E-state index in [9.17, 15) is 0 Å². The molecular weight excluding hydrogens is 232 g/mol. The number of pyridine rings is 1. The van der Waals surface area contributed by atoms with Gasteiger partial charge < -0.3 is 14.8 Å². The molecule has 0 saturated carbocycles. The van der Waals surface area contributed by atoms with Crippen LogP contribution in [0.2, 0.25) is 0 Å². The molecule has 0 fully saturated rings. The summed E-state index contributed by atoms with van der Waals surface area (Å²) < 4.78 is 12.0. The molecule has 1 N–H and O–H groups in total. The number of anilines is 1. The summed E-state index contributed by atoms with van der Waals surface area (Å²) in [6.07, 6.45) is 6.77. The molecule has 0 aliphatic rings. The topological polar surface area (TPSA) is 61.2 Å². The van der Waals surface area contributed by atoms with Gasteiger partial charge in [-0.1, -0.05) is 0 Å². The summed E-state index contributed by atoms with van der Waals surface area (Å²) in [5.41, 5.74) is 0.915. The summed E-state index contributed by atoms with van der Waals surface area (Å²) in [6, 6.07) is 3.86. The fourth-order valence-electron chi connectivity index (χ4n) is 1.50.